The predicted octanol–water partition coefficient (Wildman–Crippen LogP) is 3.23. The summed E-state index contributed by atoms with van der Waals surface area (Å²) in [5.74, 6) is -1.62. The summed E-state index contributed by atoms with van der Waals surface area (Å²) in [5.41, 5.74) is -7.52. The number of aliphatic hydroxyl groups is 6. The first-order chi connectivity index (χ1) is 35.5. The van der Waals surface area contributed by atoms with Crippen molar-refractivity contribution in [1.82, 2.24) is 0 Å². The van der Waals surface area contributed by atoms with E-state index in [9.17, 15) is 40.2 Å². The lowest BCUT2D eigenvalue weighted by atomic mass is 9.40. The molecule has 4 saturated carbocycles. The van der Waals surface area contributed by atoms with Crippen LogP contribution in [0.3, 0.4) is 0 Å². The Kier molecular flexibility index (Phi) is 16.8. The molecule has 8 fully saturated rings. The molecule has 0 radical (unpaired) electrons. The average Bonchev–Trinajstić information content (AvgIpc) is 3.62. The van der Waals surface area contributed by atoms with Gasteiger partial charge in [0.25, 0.3) is 0 Å². The third-order valence-electron chi connectivity index (χ3n) is 19.7. The van der Waals surface area contributed by atoms with Gasteiger partial charge in [0, 0.05) is 40.6 Å². The second kappa shape index (κ2) is 22.0. The normalized spacial score (nSPS) is 51.0. The first kappa shape index (κ1) is 57.4. The molecular formula is C55H84O20. The molecule has 0 aromatic heterocycles. The molecule has 75 heavy (non-hydrogen) atoms. The molecule has 6 N–H and O–H groups in total. The van der Waals surface area contributed by atoms with Crippen LogP contribution in [0.25, 0.3) is 0 Å². The molecule has 424 valence electrons. The summed E-state index contributed by atoms with van der Waals surface area (Å²) >= 11 is 0. The van der Waals surface area contributed by atoms with Gasteiger partial charge in [-0.15, -0.1) is 0 Å². The van der Waals surface area contributed by atoms with Crippen LogP contribution in [0.15, 0.2) is 30.3 Å². The molecule has 0 unspecified atom stereocenters. The highest BCUT2D eigenvalue weighted by Gasteiger charge is 2.82. The number of aliphatic hydroxyl groups excluding tert-OH is 3. The van der Waals surface area contributed by atoms with Crippen molar-refractivity contribution in [2.75, 3.05) is 21.3 Å². The number of rotatable bonds is 14. The molecule has 0 bridgehead atoms. The highest BCUT2D eigenvalue weighted by molar-refractivity contribution is 5.90. The zero-order valence-corrected chi connectivity index (χ0v) is 45.2. The van der Waals surface area contributed by atoms with E-state index >= 15 is 0 Å². The van der Waals surface area contributed by atoms with Crippen LogP contribution < -0.4 is 0 Å². The number of ketones is 1. The number of esters is 1. The highest BCUT2D eigenvalue weighted by Crippen LogP contribution is 2.72. The first-order valence-electron chi connectivity index (χ1n) is 27.3. The maximum atomic E-state index is 13.7. The van der Waals surface area contributed by atoms with Gasteiger partial charge in [-0.2, -0.15) is 0 Å². The molecule has 0 spiro atoms. The second-order valence-corrected chi connectivity index (χ2v) is 23.6. The Balaban J connectivity index is 0.793. The van der Waals surface area contributed by atoms with Crippen molar-refractivity contribution in [3.05, 3.63) is 35.9 Å². The first-order valence-corrected chi connectivity index (χ1v) is 27.3. The zero-order chi connectivity index (χ0) is 54.2. The molecule has 8 aliphatic rings. The summed E-state index contributed by atoms with van der Waals surface area (Å²) < 4.78 is 74.2. The van der Waals surface area contributed by atoms with Crippen LogP contribution in [-0.4, -0.2) is 197 Å². The molecule has 20 heteroatoms. The number of carbonyl (C=O) groups is 2. The van der Waals surface area contributed by atoms with Crippen molar-refractivity contribution in [3.8, 4) is 0 Å². The molecule has 20 nitrogen and oxygen atoms in total. The average molecular weight is 1070 g/mol. The fourth-order valence-electron chi connectivity index (χ4n) is 15.3. The summed E-state index contributed by atoms with van der Waals surface area (Å²) in [5, 5.41) is 70.9. The summed E-state index contributed by atoms with van der Waals surface area (Å²) in [6, 6.07) is 8.52. The topological polar surface area (TPSA) is 266 Å². The third kappa shape index (κ3) is 9.88. The zero-order valence-electron chi connectivity index (χ0n) is 45.2. The Morgan fingerprint density at radius 1 is 0.613 bits per heavy atom. The maximum Gasteiger partial charge on any atom is 0.338 e. The lowest BCUT2D eigenvalue weighted by molar-refractivity contribution is -0.355. The Morgan fingerprint density at radius 2 is 1.20 bits per heavy atom. The summed E-state index contributed by atoms with van der Waals surface area (Å²) in [6.45, 7) is 12.2. The number of hydrogen-bond donors (Lipinski definition) is 6. The largest absolute Gasteiger partial charge is 0.458 e. The Labute approximate surface area is 440 Å². The fourth-order valence-corrected chi connectivity index (χ4v) is 15.3. The van der Waals surface area contributed by atoms with Crippen LogP contribution in [0.5, 0.6) is 0 Å². The van der Waals surface area contributed by atoms with E-state index in [1.807, 2.05) is 6.92 Å². The molecule has 1 aromatic rings. The van der Waals surface area contributed by atoms with Gasteiger partial charge in [0.05, 0.1) is 65.4 Å². The van der Waals surface area contributed by atoms with E-state index in [-0.39, 0.29) is 50.5 Å². The van der Waals surface area contributed by atoms with Gasteiger partial charge >= 0.3 is 5.97 Å². The number of fused-ring (bicyclic) bond motifs is 5. The van der Waals surface area contributed by atoms with Gasteiger partial charge in [0.2, 0.25) is 0 Å². The number of hydrogen-bond acceptors (Lipinski definition) is 20. The fraction of sp³-hybridized carbons (Fsp3) is 0.855. The minimum atomic E-state index is -2.03. The van der Waals surface area contributed by atoms with Crippen LogP contribution in [0, 0.1) is 22.7 Å². The van der Waals surface area contributed by atoms with E-state index in [1.165, 1.54) is 14.0 Å². The molecule has 4 heterocycles. The van der Waals surface area contributed by atoms with Crippen molar-refractivity contribution in [3.63, 3.8) is 0 Å². The van der Waals surface area contributed by atoms with E-state index < -0.39 is 156 Å². The van der Waals surface area contributed by atoms with Crippen molar-refractivity contribution < 1.29 is 97.1 Å². The summed E-state index contributed by atoms with van der Waals surface area (Å²) in [4.78, 5) is 27.0. The van der Waals surface area contributed by atoms with Gasteiger partial charge in [-0.05, 0) is 122 Å². The molecule has 0 amide bonds. The summed E-state index contributed by atoms with van der Waals surface area (Å²) in [6.07, 6.45) is -10.6. The van der Waals surface area contributed by atoms with Crippen LogP contribution in [0.1, 0.15) is 129 Å². The van der Waals surface area contributed by atoms with Crippen LogP contribution in [-0.2, 0) is 61.6 Å². The summed E-state index contributed by atoms with van der Waals surface area (Å²) in [7, 11) is 4.56. The molecule has 9 rings (SSSR count). The molecule has 4 aliphatic heterocycles. The Hall–Kier alpha value is -2.32. The lowest BCUT2D eigenvalue weighted by Gasteiger charge is -2.69. The number of carbonyl (C=O) groups excluding carboxylic acids is 2. The quantitative estimate of drug-likeness (QED) is 0.115. The SMILES string of the molecule is CO[C@@H]1[C@@H](O)[C@H](O[C@@H]2[C@@H](C)O[C@@H](O[C@H]3[C@@H](O)C[C@H](O[C@H]4[C@@H](OC)C[C@H](O[C@H]5CC[C@@]6(C)[C@@H](CC[C@]7(O)[C@@H]6C[C@@H](OC(=O)c6ccccc6)[C@@]6(C)[C@]7(O)CC[C@@]6(O)C(C)=O)C5)O[C@@H]4C)O[C@@H]3C)C[C@H]2OC)O[C@H](C)[C@H]1O. The monoisotopic (exact) mass is 1060 g/mol. The maximum absolute atomic E-state index is 13.7. The van der Waals surface area contributed by atoms with Gasteiger partial charge in [-0.3, -0.25) is 4.79 Å². The van der Waals surface area contributed by atoms with Gasteiger partial charge in [0.15, 0.2) is 30.9 Å². The van der Waals surface area contributed by atoms with Crippen molar-refractivity contribution >= 4 is 11.8 Å². The molecular weight excluding hydrogens is 981 g/mol. The van der Waals surface area contributed by atoms with Crippen LogP contribution >= 0.6 is 0 Å². The number of Topliss-reactive ketones (excluding diaryl/α,β-unsaturated/α-hetero) is 1. The standard InChI is InChI=1S/C55H84O20/c1-27-43(58)48(66-10)44(59)50(70-27)75-47-30(4)69-42(25-37(47)65-9)73-45-28(2)67-40(23-35(45)57)74-46-29(3)68-41(24-36(46)64-8)71-34-17-18-51(6)33(22-34)16-19-54(62)38(51)26-39(72-49(60)32-14-12-11-13-15-32)52(7)53(61,31(5)56)20-21-55(52,54)63/h11-15,27-30,33-48,50,57-59,61-63H,16-26H2,1-10H3/t27-,28-,29-,30-,33+,34+,35+,36+,37-,38-,39-,40+,41+,42+,43-,44-,45-,46-,47-,48+,50+,51+,52-,53-,54+,55-/m1/s1. The van der Waals surface area contributed by atoms with Gasteiger partial charge < -0.3 is 87.5 Å². The Bertz CT molecular complexity index is 2130. The second-order valence-electron chi connectivity index (χ2n) is 23.6. The van der Waals surface area contributed by atoms with Gasteiger partial charge in [-0.25, -0.2) is 4.79 Å². The third-order valence-corrected chi connectivity index (χ3v) is 19.7. The smallest absolute Gasteiger partial charge is 0.338 e. The van der Waals surface area contributed by atoms with E-state index in [0.29, 0.717) is 37.7 Å². The number of benzene rings is 1. The minimum Gasteiger partial charge on any atom is -0.458 e. The van der Waals surface area contributed by atoms with Gasteiger partial charge in [0.1, 0.15) is 53.9 Å². The van der Waals surface area contributed by atoms with Gasteiger partial charge in [-0.1, -0.05) is 25.1 Å². The van der Waals surface area contributed by atoms with E-state index in [2.05, 4.69) is 6.92 Å². The molecule has 1 aromatic carbocycles. The van der Waals surface area contributed by atoms with E-state index in [4.69, 9.17) is 56.8 Å². The van der Waals surface area contributed by atoms with E-state index in [1.54, 1.807) is 72.2 Å². The van der Waals surface area contributed by atoms with Crippen molar-refractivity contribution in [2.24, 2.45) is 22.7 Å². The molecule has 4 saturated heterocycles. The predicted molar refractivity (Wildman–Crippen MR) is 262 cm³/mol. The van der Waals surface area contributed by atoms with Crippen molar-refractivity contribution in [2.45, 2.75) is 253 Å². The number of methoxy groups -OCH3 is 3. The van der Waals surface area contributed by atoms with Crippen molar-refractivity contribution in [1.29, 1.82) is 0 Å². The minimum absolute atomic E-state index is 0.0268. The lowest BCUT2D eigenvalue weighted by Crippen LogP contribution is -2.79. The highest BCUT2D eigenvalue weighted by atomic mass is 16.8. The Morgan fingerprint density at radius 3 is 1.80 bits per heavy atom. The van der Waals surface area contributed by atoms with Crippen LogP contribution in [0.4, 0.5) is 0 Å². The molecule has 4 aliphatic carbocycles. The van der Waals surface area contributed by atoms with Crippen LogP contribution in [0.2, 0.25) is 0 Å². The number of ether oxygens (including phenoxy) is 12. The molecule has 26 atom stereocenters. The van der Waals surface area contributed by atoms with E-state index in [0.717, 1.165) is 0 Å².